The number of hydrogen-bond donors (Lipinski definition) is 1. The minimum atomic E-state index is 0.234. The lowest BCUT2D eigenvalue weighted by Crippen LogP contribution is -2.42. The van der Waals surface area contributed by atoms with Gasteiger partial charge in [0.15, 0.2) is 0 Å². The van der Waals surface area contributed by atoms with Crippen molar-refractivity contribution in [3.8, 4) is 0 Å². The van der Waals surface area contributed by atoms with Gasteiger partial charge in [-0.25, -0.2) is 0 Å². The van der Waals surface area contributed by atoms with Crippen molar-refractivity contribution >= 4 is 11.8 Å². The molecule has 17 heavy (non-hydrogen) atoms. The van der Waals surface area contributed by atoms with E-state index < -0.39 is 0 Å². The quantitative estimate of drug-likeness (QED) is 0.828. The average molecular weight is 248 g/mol. The summed E-state index contributed by atoms with van der Waals surface area (Å²) in [5.74, 6) is 2.52. The molecule has 3 unspecified atom stereocenters. The van der Waals surface area contributed by atoms with E-state index in [1.807, 2.05) is 0 Å². The summed E-state index contributed by atoms with van der Waals surface area (Å²) in [4.78, 5) is 2.65. The van der Waals surface area contributed by atoms with Gasteiger partial charge in [0, 0.05) is 36.2 Å². The van der Waals surface area contributed by atoms with Gasteiger partial charge in [0.25, 0.3) is 0 Å². The number of nitrogens with two attached hydrogens (primary N) is 1. The maximum atomic E-state index is 6.26. The fourth-order valence-corrected chi connectivity index (χ4v) is 4.20. The van der Waals surface area contributed by atoms with E-state index in [1.54, 1.807) is 0 Å². The minimum absolute atomic E-state index is 0.234. The molecule has 92 valence electrons. The molecule has 3 rings (SSSR count). The van der Waals surface area contributed by atoms with Crippen molar-refractivity contribution in [2.45, 2.75) is 31.5 Å². The molecule has 0 spiro atoms. The minimum Gasteiger partial charge on any atom is -0.324 e. The lowest BCUT2D eigenvalue weighted by molar-refractivity contribution is 0.157. The summed E-state index contributed by atoms with van der Waals surface area (Å²) < 4.78 is 0. The molecule has 2 aliphatic rings. The zero-order valence-electron chi connectivity index (χ0n) is 10.3. The predicted octanol–water partition coefficient (Wildman–Crippen LogP) is 2.57. The summed E-state index contributed by atoms with van der Waals surface area (Å²) in [6.45, 7) is 3.55. The molecule has 2 nitrogen and oxygen atoms in total. The monoisotopic (exact) mass is 248 g/mol. The van der Waals surface area contributed by atoms with Crippen molar-refractivity contribution in [1.82, 2.24) is 4.90 Å². The number of nitrogens with zero attached hydrogens (tertiary/aromatic N) is 1. The second-order valence-electron chi connectivity index (χ2n) is 5.15. The topological polar surface area (TPSA) is 29.3 Å². The summed E-state index contributed by atoms with van der Waals surface area (Å²) >= 11 is 2.07. The van der Waals surface area contributed by atoms with Gasteiger partial charge in [-0.15, -0.1) is 0 Å². The van der Waals surface area contributed by atoms with Gasteiger partial charge < -0.3 is 5.73 Å². The largest absolute Gasteiger partial charge is 0.324 e. The van der Waals surface area contributed by atoms with Gasteiger partial charge in [-0.1, -0.05) is 24.3 Å². The molecule has 0 radical (unpaired) electrons. The Balaban J connectivity index is 1.90. The number of hydrogen-bond acceptors (Lipinski definition) is 3. The van der Waals surface area contributed by atoms with Gasteiger partial charge in [0.05, 0.1) is 0 Å². The van der Waals surface area contributed by atoms with E-state index in [0.717, 1.165) is 6.42 Å². The summed E-state index contributed by atoms with van der Waals surface area (Å²) in [6.07, 6.45) is 1.09. The van der Waals surface area contributed by atoms with Crippen LogP contribution in [0.1, 0.15) is 36.6 Å². The standard InChI is InChI=1S/C14H20N2S/c1-10-9-17-7-6-16(10)14-8-13(15)11-4-2-3-5-12(11)14/h2-5,10,13-14H,6-9,15H2,1H3. The van der Waals surface area contributed by atoms with Crippen molar-refractivity contribution in [3.05, 3.63) is 35.4 Å². The van der Waals surface area contributed by atoms with Crippen LogP contribution in [-0.4, -0.2) is 29.0 Å². The van der Waals surface area contributed by atoms with E-state index >= 15 is 0 Å². The molecule has 1 aromatic carbocycles. The first-order valence-corrected chi connectivity index (χ1v) is 7.60. The Morgan fingerprint density at radius 1 is 1.29 bits per heavy atom. The predicted molar refractivity (Wildman–Crippen MR) is 74.2 cm³/mol. The van der Waals surface area contributed by atoms with Crippen LogP contribution in [0.5, 0.6) is 0 Å². The van der Waals surface area contributed by atoms with Crippen LogP contribution in [0, 0.1) is 0 Å². The Bertz CT molecular complexity index is 407. The fourth-order valence-electron chi connectivity index (χ4n) is 3.16. The van der Waals surface area contributed by atoms with Crippen molar-refractivity contribution in [2.75, 3.05) is 18.1 Å². The molecule has 1 aliphatic carbocycles. The van der Waals surface area contributed by atoms with E-state index in [1.165, 1.54) is 29.2 Å². The molecule has 0 bridgehead atoms. The Morgan fingerprint density at radius 3 is 2.82 bits per heavy atom. The van der Waals surface area contributed by atoms with E-state index in [2.05, 4.69) is 47.9 Å². The summed E-state index contributed by atoms with van der Waals surface area (Å²) in [5, 5.41) is 0. The number of rotatable bonds is 1. The number of benzene rings is 1. The lowest BCUT2D eigenvalue weighted by Gasteiger charge is -2.38. The molecule has 1 fully saturated rings. The van der Waals surface area contributed by atoms with Gasteiger partial charge in [0.1, 0.15) is 0 Å². The van der Waals surface area contributed by atoms with E-state index in [0.29, 0.717) is 12.1 Å². The van der Waals surface area contributed by atoms with Crippen molar-refractivity contribution < 1.29 is 0 Å². The van der Waals surface area contributed by atoms with Crippen molar-refractivity contribution in [2.24, 2.45) is 5.73 Å². The van der Waals surface area contributed by atoms with Crippen LogP contribution in [-0.2, 0) is 0 Å². The lowest BCUT2D eigenvalue weighted by atomic mass is 10.1. The Kier molecular flexibility index (Phi) is 3.16. The molecule has 1 aliphatic heterocycles. The SMILES string of the molecule is CC1CSCCN1C1CC(N)c2ccccc21. The Hall–Kier alpha value is -0.510. The Morgan fingerprint density at radius 2 is 2.06 bits per heavy atom. The third-order valence-electron chi connectivity index (χ3n) is 4.05. The first kappa shape index (κ1) is 11.6. The van der Waals surface area contributed by atoms with Crippen LogP contribution in [0.15, 0.2) is 24.3 Å². The highest BCUT2D eigenvalue weighted by molar-refractivity contribution is 7.99. The smallest absolute Gasteiger partial charge is 0.0372 e. The first-order valence-electron chi connectivity index (χ1n) is 6.45. The molecule has 1 heterocycles. The molecular formula is C14H20N2S. The summed E-state index contributed by atoms with van der Waals surface area (Å²) in [6, 6.07) is 10.2. The highest BCUT2D eigenvalue weighted by Gasteiger charge is 2.35. The second kappa shape index (κ2) is 4.63. The average Bonchev–Trinajstić information content (AvgIpc) is 2.68. The van der Waals surface area contributed by atoms with Gasteiger partial charge in [-0.05, 0) is 24.5 Å². The molecular weight excluding hydrogens is 228 g/mol. The highest BCUT2D eigenvalue weighted by atomic mass is 32.2. The third-order valence-corrected chi connectivity index (χ3v) is 5.24. The molecule has 3 heteroatoms. The molecule has 3 atom stereocenters. The molecule has 0 saturated carbocycles. The molecule has 0 aromatic heterocycles. The zero-order chi connectivity index (χ0) is 11.8. The first-order chi connectivity index (χ1) is 8.27. The number of thioether (sulfide) groups is 1. The third kappa shape index (κ3) is 2.01. The van der Waals surface area contributed by atoms with Crippen LogP contribution >= 0.6 is 11.8 Å². The molecule has 1 saturated heterocycles. The van der Waals surface area contributed by atoms with Crippen LogP contribution < -0.4 is 5.73 Å². The maximum Gasteiger partial charge on any atom is 0.0372 e. The van der Waals surface area contributed by atoms with Crippen LogP contribution in [0.4, 0.5) is 0 Å². The second-order valence-corrected chi connectivity index (χ2v) is 6.30. The van der Waals surface area contributed by atoms with Crippen LogP contribution in [0.25, 0.3) is 0 Å². The Labute approximate surface area is 108 Å². The highest BCUT2D eigenvalue weighted by Crippen LogP contribution is 2.42. The molecule has 0 amide bonds. The summed E-state index contributed by atoms with van der Waals surface area (Å²) in [5.41, 5.74) is 9.09. The van der Waals surface area contributed by atoms with E-state index in [-0.39, 0.29) is 6.04 Å². The van der Waals surface area contributed by atoms with Gasteiger partial charge in [0.2, 0.25) is 0 Å². The summed E-state index contributed by atoms with van der Waals surface area (Å²) in [7, 11) is 0. The van der Waals surface area contributed by atoms with Crippen LogP contribution in [0.3, 0.4) is 0 Å². The van der Waals surface area contributed by atoms with Gasteiger partial charge in [-0.2, -0.15) is 11.8 Å². The number of fused-ring (bicyclic) bond motifs is 1. The van der Waals surface area contributed by atoms with Crippen molar-refractivity contribution in [1.29, 1.82) is 0 Å². The van der Waals surface area contributed by atoms with E-state index in [9.17, 15) is 0 Å². The zero-order valence-corrected chi connectivity index (χ0v) is 11.1. The molecule has 2 N–H and O–H groups in total. The maximum absolute atomic E-state index is 6.26. The molecule has 1 aromatic rings. The van der Waals surface area contributed by atoms with Gasteiger partial charge >= 0.3 is 0 Å². The normalized spacial score (nSPS) is 33.6. The van der Waals surface area contributed by atoms with Gasteiger partial charge in [-0.3, -0.25) is 4.90 Å². The van der Waals surface area contributed by atoms with E-state index in [4.69, 9.17) is 5.73 Å². The van der Waals surface area contributed by atoms with Crippen molar-refractivity contribution in [3.63, 3.8) is 0 Å². The fraction of sp³-hybridized carbons (Fsp3) is 0.571. The van der Waals surface area contributed by atoms with Crippen LogP contribution in [0.2, 0.25) is 0 Å².